The van der Waals surface area contributed by atoms with Crippen LogP contribution in [-0.4, -0.2) is 24.0 Å². The van der Waals surface area contributed by atoms with Gasteiger partial charge in [-0.2, -0.15) is 0 Å². The summed E-state index contributed by atoms with van der Waals surface area (Å²) in [5.74, 6) is 1.15. The van der Waals surface area contributed by atoms with Crippen molar-refractivity contribution in [1.82, 2.24) is 5.32 Å². The highest BCUT2D eigenvalue weighted by Crippen LogP contribution is 2.43. The number of thiophene rings is 1. The van der Waals surface area contributed by atoms with Gasteiger partial charge in [0.25, 0.3) is 0 Å². The largest absolute Gasteiger partial charge is 0.508 e. The van der Waals surface area contributed by atoms with Crippen LogP contribution in [0.2, 0.25) is 5.02 Å². The number of carbonyl (C=O) groups is 1. The number of hydrogen-bond donors (Lipinski definition) is 2. The molecule has 4 aromatic rings. The maximum absolute atomic E-state index is 13.5. The SMILES string of the molecule is CCNCCc1ccc(Oc2c(C(=O)c3cc(Cl)ccc3C)sc3cc(O)ccc23)cc1. The fourth-order valence-corrected chi connectivity index (χ4v) is 4.81. The molecular formula is C26H24ClNO3S. The van der Waals surface area contributed by atoms with Gasteiger partial charge < -0.3 is 15.2 Å². The van der Waals surface area contributed by atoms with E-state index in [1.165, 1.54) is 16.9 Å². The molecule has 32 heavy (non-hydrogen) atoms. The van der Waals surface area contributed by atoms with E-state index in [-0.39, 0.29) is 11.5 Å². The molecule has 0 spiro atoms. The van der Waals surface area contributed by atoms with Crippen LogP contribution in [0.25, 0.3) is 10.1 Å². The van der Waals surface area contributed by atoms with Crippen LogP contribution in [0.1, 0.15) is 33.3 Å². The molecule has 0 bridgehead atoms. The molecule has 0 aliphatic rings. The van der Waals surface area contributed by atoms with Crippen LogP contribution >= 0.6 is 22.9 Å². The number of ether oxygens (including phenoxy) is 1. The third-order valence-electron chi connectivity index (χ3n) is 5.26. The highest BCUT2D eigenvalue weighted by molar-refractivity contribution is 7.21. The van der Waals surface area contributed by atoms with Crippen molar-refractivity contribution in [1.29, 1.82) is 0 Å². The minimum atomic E-state index is -0.150. The molecule has 0 saturated heterocycles. The quantitative estimate of drug-likeness (QED) is 0.223. The van der Waals surface area contributed by atoms with E-state index < -0.39 is 0 Å². The number of phenolic OH excluding ortho intramolecular Hbond substituents is 1. The Morgan fingerprint density at radius 3 is 2.62 bits per heavy atom. The molecule has 0 radical (unpaired) electrons. The Labute approximate surface area is 196 Å². The van der Waals surface area contributed by atoms with Gasteiger partial charge in [-0.15, -0.1) is 11.3 Å². The number of aryl methyl sites for hydroxylation is 1. The molecule has 0 aliphatic carbocycles. The van der Waals surface area contributed by atoms with Crippen molar-refractivity contribution in [2.24, 2.45) is 0 Å². The van der Waals surface area contributed by atoms with Gasteiger partial charge in [0.2, 0.25) is 5.78 Å². The van der Waals surface area contributed by atoms with Crippen molar-refractivity contribution in [3.63, 3.8) is 0 Å². The second kappa shape index (κ2) is 9.74. The highest BCUT2D eigenvalue weighted by atomic mass is 35.5. The van der Waals surface area contributed by atoms with Gasteiger partial charge in [0.15, 0.2) is 5.75 Å². The monoisotopic (exact) mass is 465 g/mol. The smallest absolute Gasteiger partial charge is 0.207 e. The van der Waals surface area contributed by atoms with E-state index >= 15 is 0 Å². The summed E-state index contributed by atoms with van der Waals surface area (Å²) in [4.78, 5) is 14.0. The Bertz CT molecular complexity index is 1260. The molecule has 1 aromatic heterocycles. The summed E-state index contributed by atoms with van der Waals surface area (Å²) in [5.41, 5.74) is 2.59. The zero-order valence-corrected chi connectivity index (χ0v) is 19.5. The molecular weight excluding hydrogens is 442 g/mol. The number of carbonyl (C=O) groups excluding carboxylic acids is 1. The first-order chi connectivity index (χ1) is 15.5. The van der Waals surface area contributed by atoms with Gasteiger partial charge in [0.05, 0.1) is 0 Å². The number of fused-ring (bicyclic) bond motifs is 1. The van der Waals surface area contributed by atoms with Crippen LogP contribution in [-0.2, 0) is 6.42 Å². The van der Waals surface area contributed by atoms with Gasteiger partial charge in [-0.3, -0.25) is 4.79 Å². The van der Waals surface area contributed by atoms with Crippen molar-refractivity contribution in [3.8, 4) is 17.2 Å². The summed E-state index contributed by atoms with van der Waals surface area (Å²) in [6.07, 6.45) is 0.937. The molecule has 0 amide bonds. The normalized spacial score (nSPS) is 11.1. The maximum Gasteiger partial charge on any atom is 0.207 e. The molecule has 4 rings (SSSR count). The maximum atomic E-state index is 13.5. The number of nitrogens with one attached hydrogen (secondary N) is 1. The van der Waals surface area contributed by atoms with Crippen molar-refractivity contribution in [2.75, 3.05) is 13.1 Å². The van der Waals surface area contributed by atoms with Gasteiger partial charge in [-0.05, 0) is 80.0 Å². The molecule has 164 valence electrons. The number of likely N-dealkylation sites (N-methyl/N-ethyl adjacent to an activating group) is 1. The van der Waals surface area contributed by atoms with Crippen LogP contribution in [0.15, 0.2) is 60.7 Å². The van der Waals surface area contributed by atoms with E-state index in [4.69, 9.17) is 16.3 Å². The second-order valence-electron chi connectivity index (χ2n) is 7.58. The highest BCUT2D eigenvalue weighted by Gasteiger charge is 2.23. The zero-order valence-electron chi connectivity index (χ0n) is 17.9. The van der Waals surface area contributed by atoms with Crippen LogP contribution in [0, 0.1) is 6.92 Å². The Balaban J connectivity index is 1.71. The number of benzene rings is 3. The second-order valence-corrected chi connectivity index (χ2v) is 9.07. The molecule has 0 aliphatic heterocycles. The summed E-state index contributed by atoms with van der Waals surface area (Å²) in [5, 5.41) is 14.5. The van der Waals surface area contributed by atoms with Gasteiger partial charge in [-0.25, -0.2) is 0 Å². The molecule has 0 unspecified atom stereocenters. The van der Waals surface area contributed by atoms with Gasteiger partial charge in [-0.1, -0.05) is 36.7 Å². The molecule has 0 fully saturated rings. The number of ketones is 1. The van der Waals surface area contributed by atoms with Gasteiger partial charge >= 0.3 is 0 Å². The molecule has 4 nitrogen and oxygen atoms in total. The number of aromatic hydroxyl groups is 1. The summed E-state index contributed by atoms with van der Waals surface area (Å²) in [6, 6.07) is 18.2. The zero-order chi connectivity index (χ0) is 22.7. The Hall–Kier alpha value is -2.86. The third kappa shape index (κ3) is 4.80. The van der Waals surface area contributed by atoms with E-state index in [1.807, 2.05) is 37.3 Å². The molecule has 2 N–H and O–H groups in total. The lowest BCUT2D eigenvalue weighted by atomic mass is 10.0. The number of rotatable bonds is 8. The molecule has 6 heteroatoms. The van der Waals surface area contributed by atoms with Crippen LogP contribution in [0.5, 0.6) is 17.2 Å². The average molecular weight is 466 g/mol. The fourth-order valence-electron chi connectivity index (χ4n) is 3.53. The predicted molar refractivity (Wildman–Crippen MR) is 132 cm³/mol. The lowest BCUT2D eigenvalue weighted by Gasteiger charge is -2.10. The van der Waals surface area contributed by atoms with E-state index in [9.17, 15) is 9.90 Å². The van der Waals surface area contributed by atoms with Crippen LogP contribution in [0.3, 0.4) is 0 Å². The minimum Gasteiger partial charge on any atom is -0.508 e. The van der Waals surface area contributed by atoms with Gasteiger partial charge in [0.1, 0.15) is 16.4 Å². The average Bonchev–Trinajstić information content (AvgIpc) is 3.13. The minimum absolute atomic E-state index is 0.147. The lowest BCUT2D eigenvalue weighted by molar-refractivity contribution is 0.104. The van der Waals surface area contributed by atoms with E-state index in [0.717, 1.165) is 35.2 Å². The first-order valence-electron chi connectivity index (χ1n) is 10.5. The Morgan fingerprint density at radius 1 is 1.09 bits per heavy atom. The number of phenols is 1. The predicted octanol–water partition coefficient (Wildman–Crippen LogP) is 6.74. The van der Waals surface area contributed by atoms with Crippen molar-refractivity contribution in [2.45, 2.75) is 20.3 Å². The number of halogens is 1. The first kappa shape index (κ1) is 22.3. The van der Waals surface area contributed by atoms with Crippen molar-refractivity contribution in [3.05, 3.63) is 87.3 Å². The van der Waals surface area contributed by atoms with E-state index in [1.54, 1.807) is 30.3 Å². The third-order valence-corrected chi connectivity index (χ3v) is 6.63. The molecule has 0 saturated carbocycles. The molecule has 1 heterocycles. The summed E-state index contributed by atoms with van der Waals surface area (Å²) in [6.45, 7) is 5.85. The molecule has 3 aromatic carbocycles. The van der Waals surface area contributed by atoms with E-state index in [2.05, 4.69) is 12.2 Å². The van der Waals surface area contributed by atoms with Gasteiger partial charge in [0, 0.05) is 20.7 Å². The number of hydrogen-bond acceptors (Lipinski definition) is 5. The Morgan fingerprint density at radius 2 is 1.88 bits per heavy atom. The fraction of sp³-hybridized carbons (Fsp3) is 0.192. The summed E-state index contributed by atoms with van der Waals surface area (Å²) < 4.78 is 7.04. The first-order valence-corrected chi connectivity index (χ1v) is 11.7. The Kier molecular flexibility index (Phi) is 6.80. The van der Waals surface area contributed by atoms with Crippen LogP contribution in [0.4, 0.5) is 0 Å². The van der Waals surface area contributed by atoms with Crippen LogP contribution < -0.4 is 10.1 Å². The van der Waals surface area contributed by atoms with E-state index in [0.29, 0.717) is 27.0 Å². The van der Waals surface area contributed by atoms with Crippen molar-refractivity contribution >= 4 is 38.8 Å². The topological polar surface area (TPSA) is 58.6 Å². The van der Waals surface area contributed by atoms with Crippen molar-refractivity contribution < 1.29 is 14.6 Å². The lowest BCUT2D eigenvalue weighted by Crippen LogP contribution is -2.15. The standard InChI is InChI=1S/C26H24ClNO3S/c1-3-28-13-12-17-5-9-20(10-6-17)31-25-21-11-8-19(29)15-23(21)32-26(25)24(30)22-14-18(27)7-4-16(22)2/h4-11,14-15,28-29H,3,12-13H2,1-2H3. The summed E-state index contributed by atoms with van der Waals surface area (Å²) >= 11 is 7.47. The summed E-state index contributed by atoms with van der Waals surface area (Å²) in [7, 11) is 0. The molecule has 0 atom stereocenters.